The Balaban J connectivity index is 1.56. The molecule has 1 fully saturated rings. The summed E-state index contributed by atoms with van der Waals surface area (Å²) in [5, 5.41) is 16.9. The van der Waals surface area contributed by atoms with Crippen LogP contribution < -0.4 is 24.8 Å². The number of likely N-dealkylation sites (tertiary alicyclic amines) is 1. The summed E-state index contributed by atoms with van der Waals surface area (Å²) >= 11 is 6.27. The average molecular weight is 442 g/mol. The molecule has 1 aromatic rings. The van der Waals surface area contributed by atoms with Gasteiger partial charge in [0.2, 0.25) is 5.75 Å². The van der Waals surface area contributed by atoms with Crippen LogP contribution in [0, 0.1) is 5.92 Å². The van der Waals surface area contributed by atoms with Gasteiger partial charge < -0.3 is 34.9 Å². The SMILES string of the molecule is CNCCCCN1CC[C@@H](CNC(=O)c2cc(Cl)c(OC)c3c2OCCO3)C(O)C1. The summed E-state index contributed by atoms with van der Waals surface area (Å²) in [4.78, 5) is 15.1. The molecule has 2 aliphatic rings. The van der Waals surface area contributed by atoms with Crippen molar-refractivity contribution in [2.24, 2.45) is 5.92 Å². The standard InChI is InChI=1S/C21H32ClN3O5/c1-23-6-3-4-7-25-8-5-14(17(26)13-25)12-24-21(27)15-11-16(22)19(28-2)20-18(15)29-9-10-30-20/h11,14,17,23,26H,3-10,12-13H2,1-2H3,(H,24,27)/t14-,17?/m0/s1. The first-order valence-electron chi connectivity index (χ1n) is 10.5. The quantitative estimate of drug-likeness (QED) is 0.500. The summed E-state index contributed by atoms with van der Waals surface area (Å²) in [5.74, 6) is 0.776. The largest absolute Gasteiger partial charge is 0.491 e. The number of methoxy groups -OCH3 is 1. The number of aliphatic hydroxyl groups is 1. The number of β-amino-alcohol motifs (C(OH)–C–C–N with tert-alkyl or cyclic N) is 1. The van der Waals surface area contributed by atoms with Crippen molar-refractivity contribution in [1.29, 1.82) is 0 Å². The lowest BCUT2D eigenvalue weighted by Crippen LogP contribution is -2.47. The Bertz CT molecular complexity index is 733. The van der Waals surface area contributed by atoms with E-state index in [-0.39, 0.29) is 11.8 Å². The lowest BCUT2D eigenvalue weighted by atomic mass is 9.93. The molecule has 3 N–H and O–H groups in total. The predicted octanol–water partition coefficient (Wildman–Crippen LogP) is 1.53. The summed E-state index contributed by atoms with van der Waals surface area (Å²) in [7, 11) is 3.45. The highest BCUT2D eigenvalue weighted by molar-refractivity contribution is 6.33. The molecular weight excluding hydrogens is 410 g/mol. The number of hydrogen-bond acceptors (Lipinski definition) is 7. The van der Waals surface area contributed by atoms with Crippen LogP contribution in [-0.2, 0) is 0 Å². The van der Waals surface area contributed by atoms with E-state index in [0.717, 1.165) is 38.9 Å². The van der Waals surface area contributed by atoms with Crippen LogP contribution in [0.4, 0.5) is 0 Å². The number of benzene rings is 1. The van der Waals surface area contributed by atoms with E-state index >= 15 is 0 Å². The van der Waals surface area contributed by atoms with E-state index in [9.17, 15) is 9.90 Å². The molecule has 0 saturated carbocycles. The summed E-state index contributed by atoms with van der Waals surface area (Å²) in [6.07, 6.45) is 2.62. The van der Waals surface area contributed by atoms with Gasteiger partial charge >= 0.3 is 0 Å². The van der Waals surface area contributed by atoms with Gasteiger partial charge in [0.1, 0.15) is 13.2 Å². The van der Waals surface area contributed by atoms with Crippen molar-refractivity contribution in [2.75, 3.05) is 60.1 Å². The number of nitrogens with one attached hydrogen (secondary N) is 2. The van der Waals surface area contributed by atoms with Gasteiger partial charge in [0.15, 0.2) is 11.5 Å². The smallest absolute Gasteiger partial charge is 0.255 e. The fraction of sp³-hybridized carbons (Fsp3) is 0.667. The minimum absolute atomic E-state index is 0.0178. The maximum absolute atomic E-state index is 12.8. The van der Waals surface area contributed by atoms with E-state index in [4.69, 9.17) is 25.8 Å². The van der Waals surface area contributed by atoms with Crippen molar-refractivity contribution in [1.82, 2.24) is 15.5 Å². The summed E-state index contributed by atoms with van der Waals surface area (Å²) in [6, 6.07) is 1.54. The molecule has 30 heavy (non-hydrogen) atoms. The summed E-state index contributed by atoms with van der Waals surface area (Å²) in [5.41, 5.74) is 0.312. The van der Waals surface area contributed by atoms with Crippen molar-refractivity contribution >= 4 is 17.5 Å². The second-order valence-corrected chi connectivity index (χ2v) is 8.14. The number of aliphatic hydroxyl groups excluding tert-OH is 1. The fourth-order valence-corrected chi connectivity index (χ4v) is 4.23. The maximum atomic E-state index is 12.8. The zero-order valence-electron chi connectivity index (χ0n) is 17.7. The molecule has 0 aliphatic carbocycles. The van der Waals surface area contributed by atoms with Crippen molar-refractivity contribution in [3.8, 4) is 17.2 Å². The maximum Gasteiger partial charge on any atom is 0.255 e. The number of carbonyl (C=O) groups is 1. The van der Waals surface area contributed by atoms with Crippen molar-refractivity contribution < 1.29 is 24.1 Å². The zero-order chi connectivity index (χ0) is 21.5. The van der Waals surface area contributed by atoms with Crippen LogP contribution >= 0.6 is 11.6 Å². The minimum atomic E-state index is -0.462. The Morgan fingerprint density at radius 1 is 1.33 bits per heavy atom. The number of unbranched alkanes of at least 4 members (excludes halogenated alkanes) is 1. The molecule has 9 heteroatoms. The van der Waals surface area contributed by atoms with Gasteiger partial charge in [-0.3, -0.25) is 4.79 Å². The molecule has 168 valence electrons. The molecule has 3 rings (SSSR count). The van der Waals surface area contributed by atoms with Crippen LogP contribution in [0.3, 0.4) is 0 Å². The van der Waals surface area contributed by atoms with Gasteiger partial charge in [0, 0.05) is 19.0 Å². The van der Waals surface area contributed by atoms with E-state index in [1.807, 2.05) is 7.05 Å². The molecule has 8 nitrogen and oxygen atoms in total. The van der Waals surface area contributed by atoms with E-state index < -0.39 is 6.10 Å². The number of amides is 1. The Morgan fingerprint density at radius 3 is 2.80 bits per heavy atom. The van der Waals surface area contributed by atoms with Crippen LogP contribution in [0.1, 0.15) is 29.6 Å². The molecule has 0 radical (unpaired) electrons. The number of piperidine rings is 1. The molecule has 1 aromatic carbocycles. The van der Waals surface area contributed by atoms with Crippen molar-refractivity contribution in [3.05, 3.63) is 16.7 Å². The van der Waals surface area contributed by atoms with E-state index in [2.05, 4.69) is 15.5 Å². The molecule has 1 saturated heterocycles. The fourth-order valence-electron chi connectivity index (χ4n) is 3.96. The van der Waals surface area contributed by atoms with Gasteiger partial charge in [-0.2, -0.15) is 0 Å². The van der Waals surface area contributed by atoms with Gasteiger partial charge in [0.05, 0.1) is 23.8 Å². The van der Waals surface area contributed by atoms with Crippen LogP contribution in [-0.4, -0.2) is 82.1 Å². The van der Waals surface area contributed by atoms with Crippen molar-refractivity contribution in [2.45, 2.75) is 25.4 Å². The molecule has 0 bridgehead atoms. The van der Waals surface area contributed by atoms with Gasteiger partial charge in [-0.05, 0) is 52.0 Å². The molecule has 2 atom stereocenters. The van der Waals surface area contributed by atoms with Crippen LogP contribution in [0.25, 0.3) is 0 Å². The number of rotatable bonds is 9. The zero-order valence-corrected chi connectivity index (χ0v) is 18.5. The lowest BCUT2D eigenvalue weighted by Gasteiger charge is -2.36. The topological polar surface area (TPSA) is 92.3 Å². The van der Waals surface area contributed by atoms with Crippen molar-refractivity contribution in [3.63, 3.8) is 0 Å². The second kappa shape index (κ2) is 11.0. The molecular formula is C21H32ClN3O5. The van der Waals surface area contributed by atoms with Crippen LogP contribution in [0.15, 0.2) is 6.07 Å². The third-order valence-electron chi connectivity index (χ3n) is 5.65. The molecule has 0 spiro atoms. The Hall–Kier alpha value is -1.74. The summed E-state index contributed by atoms with van der Waals surface area (Å²) in [6.45, 7) is 4.68. The third kappa shape index (κ3) is 5.49. The van der Waals surface area contributed by atoms with Gasteiger partial charge in [-0.25, -0.2) is 0 Å². The number of fused-ring (bicyclic) bond motifs is 1. The van der Waals surface area contributed by atoms with Gasteiger partial charge in [-0.15, -0.1) is 0 Å². The average Bonchev–Trinajstić information content (AvgIpc) is 2.75. The highest BCUT2D eigenvalue weighted by Gasteiger charge is 2.30. The summed E-state index contributed by atoms with van der Waals surface area (Å²) < 4.78 is 16.6. The third-order valence-corrected chi connectivity index (χ3v) is 5.93. The first-order chi connectivity index (χ1) is 14.5. The number of ether oxygens (including phenoxy) is 3. The highest BCUT2D eigenvalue weighted by atomic mass is 35.5. The minimum Gasteiger partial charge on any atom is -0.491 e. The number of hydrogen-bond donors (Lipinski definition) is 3. The van der Waals surface area contributed by atoms with Crippen LogP contribution in [0.2, 0.25) is 5.02 Å². The molecule has 1 amide bonds. The first kappa shape index (κ1) is 22.9. The van der Waals surface area contributed by atoms with E-state index in [0.29, 0.717) is 54.1 Å². The van der Waals surface area contributed by atoms with E-state index in [1.54, 1.807) is 0 Å². The molecule has 0 aromatic heterocycles. The monoisotopic (exact) mass is 441 g/mol. The lowest BCUT2D eigenvalue weighted by molar-refractivity contribution is 0.0216. The number of nitrogens with zero attached hydrogens (tertiary/aromatic N) is 1. The Labute approximate surface area is 182 Å². The molecule has 2 heterocycles. The Morgan fingerprint density at radius 2 is 2.10 bits per heavy atom. The van der Waals surface area contributed by atoms with Crippen LogP contribution in [0.5, 0.6) is 17.2 Å². The first-order valence-corrected chi connectivity index (χ1v) is 10.9. The predicted molar refractivity (Wildman–Crippen MR) is 115 cm³/mol. The van der Waals surface area contributed by atoms with E-state index in [1.165, 1.54) is 13.2 Å². The second-order valence-electron chi connectivity index (χ2n) is 7.73. The number of halogens is 1. The normalized spacial score (nSPS) is 21.3. The number of carbonyl (C=O) groups excluding carboxylic acids is 1. The van der Waals surface area contributed by atoms with Gasteiger partial charge in [0.25, 0.3) is 5.91 Å². The molecule has 2 aliphatic heterocycles. The highest BCUT2D eigenvalue weighted by Crippen LogP contribution is 2.46. The van der Waals surface area contributed by atoms with Gasteiger partial charge in [-0.1, -0.05) is 11.6 Å². The molecule has 1 unspecified atom stereocenters. The Kier molecular flexibility index (Phi) is 8.44.